The summed E-state index contributed by atoms with van der Waals surface area (Å²) in [6, 6.07) is 7.00. The van der Waals surface area contributed by atoms with Gasteiger partial charge in [0.05, 0.1) is 19.3 Å². The molecule has 2 rings (SSSR count). The summed E-state index contributed by atoms with van der Waals surface area (Å²) in [5.41, 5.74) is 4.45. The predicted octanol–water partition coefficient (Wildman–Crippen LogP) is 0.0508. The Bertz CT molecular complexity index is 915. The summed E-state index contributed by atoms with van der Waals surface area (Å²) in [7, 11) is 1.32. The number of carbonyl (C=O) groups excluding carboxylic acids is 1. The number of carbonyl (C=O) groups is 2. The average molecular weight is 407 g/mol. The molecule has 0 radical (unpaired) electrons. The van der Waals surface area contributed by atoms with Crippen molar-refractivity contribution < 1.29 is 24.5 Å². The van der Waals surface area contributed by atoms with Crippen LogP contribution in [0.4, 0.5) is 0 Å². The molecule has 1 heterocycles. The van der Waals surface area contributed by atoms with Gasteiger partial charge in [-0.3, -0.25) is 9.78 Å². The fourth-order valence-electron chi connectivity index (χ4n) is 2.49. The lowest BCUT2D eigenvalue weighted by molar-refractivity contribution is 0.0599. The molecule has 0 fully saturated rings. The average Bonchev–Trinajstić information content (AvgIpc) is 2.71. The van der Waals surface area contributed by atoms with Crippen LogP contribution in [0.25, 0.3) is 0 Å². The van der Waals surface area contributed by atoms with Crippen molar-refractivity contribution in [2.45, 2.75) is 25.7 Å². The summed E-state index contributed by atoms with van der Waals surface area (Å²) >= 11 is 0. The minimum absolute atomic E-state index is 0.0631. The summed E-state index contributed by atoms with van der Waals surface area (Å²) in [5, 5.41) is 16.8. The van der Waals surface area contributed by atoms with Gasteiger partial charge in [0.15, 0.2) is 0 Å². The maximum absolute atomic E-state index is 11.8. The van der Waals surface area contributed by atoms with Gasteiger partial charge in [0.2, 0.25) is 0 Å². The van der Waals surface area contributed by atoms with E-state index in [-0.39, 0.29) is 24.3 Å². The molecular weight excluding hydrogens is 382 g/mol. The van der Waals surface area contributed by atoms with Gasteiger partial charge in [-0.25, -0.2) is 14.4 Å². The zero-order valence-electron chi connectivity index (χ0n) is 16.1. The largest absolute Gasteiger partial charge is 0.477 e. The van der Waals surface area contributed by atoms with Crippen molar-refractivity contribution in [3.05, 3.63) is 67.5 Å². The zero-order valence-corrected chi connectivity index (χ0v) is 16.1. The standard InChI is InChI=1S/C17H18N2O6.C2H7NO/c1-25-16(23)11-8-6-10(7-9-11)4-2-3-5-12-13(15(21)22)18-17(24)19-14(12)20;3-1-2-4/h6-9H,2-5H2,1H3,(H,21,22)(H2,18,19,20,24);4H,1-3H2. The minimum Gasteiger partial charge on any atom is -0.477 e. The number of nitrogens with one attached hydrogen (secondary N) is 2. The smallest absolute Gasteiger partial charge is 0.352 e. The summed E-state index contributed by atoms with van der Waals surface area (Å²) in [6.07, 6.45) is 2.25. The van der Waals surface area contributed by atoms with Gasteiger partial charge in [-0.1, -0.05) is 12.1 Å². The lowest BCUT2D eigenvalue weighted by Crippen LogP contribution is -2.30. The highest BCUT2D eigenvalue weighted by Crippen LogP contribution is 2.11. The first-order valence-electron chi connectivity index (χ1n) is 8.91. The van der Waals surface area contributed by atoms with E-state index < -0.39 is 23.2 Å². The molecule has 2 aromatic rings. The van der Waals surface area contributed by atoms with E-state index in [1.807, 2.05) is 17.1 Å². The molecule has 158 valence electrons. The number of ether oxygens (including phenoxy) is 1. The third-order valence-electron chi connectivity index (χ3n) is 3.90. The molecule has 1 aromatic heterocycles. The first-order valence-corrected chi connectivity index (χ1v) is 8.91. The van der Waals surface area contributed by atoms with Crippen LogP contribution in [0.3, 0.4) is 0 Å². The number of aromatic nitrogens is 2. The Morgan fingerprint density at radius 3 is 2.17 bits per heavy atom. The molecule has 0 saturated heterocycles. The number of hydrogen-bond acceptors (Lipinski definition) is 7. The molecule has 10 nitrogen and oxygen atoms in total. The van der Waals surface area contributed by atoms with Crippen LogP contribution >= 0.6 is 0 Å². The number of aromatic carboxylic acids is 1. The molecule has 0 saturated carbocycles. The molecule has 0 aliphatic rings. The topological polar surface area (TPSA) is 176 Å². The van der Waals surface area contributed by atoms with Crippen LogP contribution in [-0.4, -0.2) is 52.4 Å². The number of aryl methyl sites for hydroxylation is 1. The van der Waals surface area contributed by atoms with Crippen LogP contribution in [0.15, 0.2) is 33.9 Å². The summed E-state index contributed by atoms with van der Waals surface area (Å²) in [4.78, 5) is 49.6. The lowest BCUT2D eigenvalue weighted by atomic mass is 10.0. The van der Waals surface area contributed by atoms with Gasteiger partial charge in [-0.15, -0.1) is 0 Å². The van der Waals surface area contributed by atoms with E-state index in [1.165, 1.54) is 7.11 Å². The Balaban J connectivity index is 0.000000960. The SMILES string of the molecule is COC(=O)c1ccc(CCCCc2c(C(=O)O)[nH]c(=O)[nH]c2=O)cc1.NCCO. The van der Waals surface area contributed by atoms with Crippen LogP contribution < -0.4 is 17.0 Å². The molecule has 0 atom stereocenters. The van der Waals surface area contributed by atoms with E-state index in [0.717, 1.165) is 12.0 Å². The van der Waals surface area contributed by atoms with Gasteiger partial charge >= 0.3 is 17.6 Å². The van der Waals surface area contributed by atoms with Crippen molar-refractivity contribution in [3.8, 4) is 0 Å². The number of carboxylic acids is 1. The number of hydrogen-bond donors (Lipinski definition) is 5. The van der Waals surface area contributed by atoms with Crippen molar-refractivity contribution in [3.63, 3.8) is 0 Å². The van der Waals surface area contributed by atoms with E-state index >= 15 is 0 Å². The lowest BCUT2D eigenvalue weighted by Gasteiger charge is -2.05. The molecular formula is C19H25N3O7. The van der Waals surface area contributed by atoms with Crippen molar-refractivity contribution in [1.29, 1.82) is 0 Å². The zero-order chi connectivity index (χ0) is 21.8. The van der Waals surface area contributed by atoms with E-state index in [1.54, 1.807) is 12.1 Å². The van der Waals surface area contributed by atoms with Crippen LogP contribution in [0.1, 0.15) is 44.8 Å². The highest BCUT2D eigenvalue weighted by molar-refractivity contribution is 5.89. The number of methoxy groups -OCH3 is 1. The van der Waals surface area contributed by atoms with Gasteiger partial charge < -0.3 is 25.7 Å². The van der Waals surface area contributed by atoms with E-state index in [2.05, 4.69) is 9.72 Å². The summed E-state index contributed by atoms with van der Waals surface area (Å²) < 4.78 is 4.63. The fraction of sp³-hybridized carbons (Fsp3) is 0.368. The van der Waals surface area contributed by atoms with Crippen LogP contribution in [0.5, 0.6) is 0 Å². The van der Waals surface area contributed by atoms with Crippen molar-refractivity contribution in [2.75, 3.05) is 20.3 Å². The highest BCUT2D eigenvalue weighted by Gasteiger charge is 2.15. The number of H-pyrrole nitrogens is 2. The molecule has 10 heteroatoms. The summed E-state index contributed by atoms with van der Waals surface area (Å²) in [6.45, 7) is 0.472. The predicted molar refractivity (Wildman–Crippen MR) is 105 cm³/mol. The Labute approximate surface area is 166 Å². The van der Waals surface area contributed by atoms with Gasteiger partial charge in [-0.2, -0.15) is 0 Å². The second-order valence-electron chi connectivity index (χ2n) is 5.97. The monoisotopic (exact) mass is 407 g/mol. The Morgan fingerprint density at radius 1 is 1.07 bits per heavy atom. The second kappa shape index (κ2) is 12.3. The fourth-order valence-corrected chi connectivity index (χ4v) is 2.49. The number of aliphatic hydroxyl groups is 1. The highest BCUT2D eigenvalue weighted by atomic mass is 16.5. The van der Waals surface area contributed by atoms with Gasteiger partial charge in [-0.05, 0) is 43.4 Å². The maximum Gasteiger partial charge on any atom is 0.352 e. The molecule has 0 unspecified atom stereocenters. The molecule has 0 amide bonds. The molecule has 0 aliphatic carbocycles. The molecule has 29 heavy (non-hydrogen) atoms. The third-order valence-corrected chi connectivity index (χ3v) is 3.90. The number of benzene rings is 1. The first-order chi connectivity index (χ1) is 13.8. The van der Waals surface area contributed by atoms with Crippen LogP contribution in [-0.2, 0) is 17.6 Å². The number of unbranched alkanes of at least 4 members (excludes halogenated alkanes) is 1. The van der Waals surface area contributed by atoms with Crippen LogP contribution in [0, 0.1) is 0 Å². The van der Waals surface area contributed by atoms with Crippen molar-refractivity contribution >= 4 is 11.9 Å². The normalized spacial score (nSPS) is 10.0. The third kappa shape index (κ3) is 7.72. The molecule has 0 bridgehead atoms. The van der Waals surface area contributed by atoms with E-state index in [9.17, 15) is 19.2 Å². The van der Waals surface area contributed by atoms with E-state index in [4.69, 9.17) is 15.9 Å². The van der Waals surface area contributed by atoms with Gasteiger partial charge in [0, 0.05) is 12.1 Å². The number of esters is 1. The molecule has 0 spiro atoms. The number of carboxylic acid groups (broad SMARTS) is 1. The maximum atomic E-state index is 11.8. The Morgan fingerprint density at radius 2 is 1.66 bits per heavy atom. The molecule has 0 aliphatic heterocycles. The van der Waals surface area contributed by atoms with Crippen molar-refractivity contribution in [2.24, 2.45) is 5.73 Å². The minimum atomic E-state index is -1.34. The second-order valence-corrected chi connectivity index (χ2v) is 5.97. The molecule has 6 N–H and O–H groups in total. The number of aromatic amines is 2. The van der Waals surface area contributed by atoms with E-state index in [0.29, 0.717) is 24.9 Å². The number of nitrogens with two attached hydrogens (primary N) is 1. The number of rotatable bonds is 8. The molecule has 1 aromatic carbocycles. The van der Waals surface area contributed by atoms with Gasteiger partial charge in [0.25, 0.3) is 5.56 Å². The van der Waals surface area contributed by atoms with Crippen LogP contribution in [0.2, 0.25) is 0 Å². The quantitative estimate of drug-likeness (QED) is 0.301. The Hall–Kier alpha value is -3.24. The van der Waals surface area contributed by atoms with Gasteiger partial charge in [0.1, 0.15) is 5.69 Å². The van der Waals surface area contributed by atoms with Crippen molar-refractivity contribution in [1.82, 2.24) is 9.97 Å². The Kier molecular flexibility index (Phi) is 10.1. The summed E-state index contributed by atoms with van der Waals surface area (Å²) in [5.74, 6) is -1.73. The number of aliphatic hydroxyl groups excluding tert-OH is 1. The first kappa shape index (κ1) is 23.8.